The van der Waals surface area contributed by atoms with Crippen LogP contribution in [0.3, 0.4) is 0 Å². The normalized spacial score (nSPS) is 10.3. The second-order valence-electron chi connectivity index (χ2n) is 3.52. The molecule has 1 heterocycles. The lowest BCUT2D eigenvalue weighted by Crippen LogP contribution is -2.03. The summed E-state index contributed by atoms with van der Waals surface area (Å²) < 4.78 is 27.1. The van der Waals surface area contributed by atoms with E-state index < -0.39 is 11.6 Å². The van der Waals surface area contributed by atoms with Crippen molar-refractivity contribution < 1.29 is 8.78 Å². The van der Waals surface area contributed by atoms with E-state index in [1.165, 1.54) is 24.5 Å². The van der Waals surface area contributed by atoms with Crippen molar-refractivity contribution in [3.05, 3.63) is 41.7 Å². The Labute approximate surface area is 96.5 Å². The van der Waals surface area contributed by atoms with Gasteiger partial charge < -0.3 is 11.1 Å². The van der Waals surface area contributed by atoms with Crippen LogP contribution in [0.4, 0.5) is 26.1 Å². The van der Waals surface area contributed by atoms with Gasteiger partial charge in [0, 0.05) is 0 Å². The monoisotopic (exact) mass is 236 g/mol. The number of aryl methyl sites for hydroxylation is 1. The predicted octanol–water partition coefficient (Wildman–Crippen LogP) is 2.39. The number of hydrogen-bond acceptors (Lipinski definition) is 4. The van der Waals surface area contributed by atoms with Crippen molar-refractivity contribution in [2.75, 3.05) is 11.1 Å². The lowest BCUT2D eigenvalue weighted by molar-refractivity contribution is 0.584. The standard InChI is InChI=1S/C11H10F2N4/c1-6-2-3-8(12)10(9(6)13)17-11-15-4-7(14)5-16-11/h2-5H,14H2,1H3,(H,15,16,17). The fourth-order valence-electron chi connectivity index (χ4n) is 1.29. The Balaban J connectivity index is 2.36. The number of nitrogens with two attached hydrogens (primary N) is 1. The van der Waals surface area contributed by atoms with Gasteiger partial charge in [-0.25, -0.2) is 18.7 Å². The zero-order valence-corrected chi connectivity index (χ0v) is 9.04. The summed E-state index contributed by atoms with van der Waals surface area (Å²) in [6.07, 6.45) is 2.70. The molecule has 2 rings (SSSR count). The Morgan fingerprint density at radius 2 is 1.82 bits per heavy atom. The SMILES string of the molecule is Cc1ccc(F)c(Nc2ncc(N)cn2)c1F. The fourth-order valence-corrected chi connectivity index (χ4v) is 1.29. The molecule has 88 valence electrons. The van der Waals surface area contributed by atoms with Gasteiger partial charge in [0.15, 0.2) is 5.82 Å². The summed E-state index contributed by atoms with van der Waals surface area (Å²) in [7, 11) is 0. The average Bonchev–Trinajstić information content (AvgIpc) is 2.32. The van der Waals surface area contributed by atoms with E-state index in [1.807, 2.05) is 0 Å². The molecule has 0 amide bonds. The summed E-state index contributed by atoms with van der Waals surface area (Å²) >= 11 is 0. The van der Waals surface area contributed by atoms with E-state index in [-0.39, 0.29) is 11.6 Å². The highest BCUT2D eigenvalue weighted by molar-refractivity contribution is 5.57. The third-order valence-corrected chi connectivity index (χ3v) is 2.19. The topological polar surface area (TPSA) is 63.8 Å². The Morgan fingerprint density at radius 1 is 1.18 bits per heavy atom. The van der Waals surface area contributed by atoms with Gasteiger partial charge in [0.2, 0.25) is 5.95 Å². The van der Waals surface area contributed by atoms with Crippen LogP contribution in [0.15, 0.2) is 24.5 Å². The molecule has 17 heavy (non-hydrogen) atoms. The lowest BCUT2D eigenvalue weighted by Gasteiger charge is -2.08. The highest BCUT2D eigenvalue weighted by Gasteiger charge is 2.12. The van der Waals surface area contributed by atoms with Crippen LogP contribution in [-0.4, -0.2) is 9.97 Å². The Kier molecular flexibility index (Phi) is 2.86. The van der Waals surface area contributed by atoms with Gasteiger partial charge in [-0.3, -0.25) is 0 Å². The predicted molar refractivity (Wildman–Crippen MR) is 60.8 cm³/mol. The lowest BCUT2D eigenvalue weighted by atomic mass is 10.2. The van der Waals surface area contributed by atoms with Crippen LogP contribution in [-0.2, 0) is 0 Å². The van der Waals surface area contributed by atoms with Crippen LogP contribution in [0, 0.1) is 18.6 Å². The van der Waals surface area contributed by atoms with Crippen molar-refractivity contribution >= 4 is 17.3 Å². The average molecular weight is 236 g/mol. The van der Waals surface area contributed by atoms with E-state index in [9.17, 15) is 8.78 Å². The Hall–Kier alpha value is -2.24. The summed E-state index contributed by atoms with van der Waals surface area (Å²) in [5, 5.41) is 2.48. The molecule has 0 bridgehead atoms. The zero-order chi connectivity index (χ0) is 12.4. The number of nitrogens with zero attached hydrogens (tertiary/aromatic N) is 2. The molecule has 0 fully saturated rings. The molecule has 0 saturated heterocycles. The summed E-state index contributed by atoms with van der Waals surface area (Å²) in [6, 6.07) is 2.54. The van der Waals surface area contributed by atoms with Crippen LogP contribution in [0.1, 0.15) is 5.56 Å². The first-order valence-electron chi connectivity index (χ1n) is 4.87. The number of benzene rings is 1. The van der Waals surface area contributed by atoms with Crippen molar-refractivity contribution in [1.29, 1.82) is 0 Å². The number of halogens is 2. The Bertz CT molecular complexity index is 540. The van der Waals surface area contributed by atoms with E-state index in [0.29, 0.717) is 11.3 Å². The van der Waals surface area contributed by atoms with Crippen LogP contribution in [0.5, 0.6) is 0 Å². The smallest absolute Gasteiger partial charge is 0.227 e. The minimum atomic E-state index is -0.700. The molecule has 1 aromatic carbocycles. The minimum absolute atomic E-state index is 0.0857. The molecule has 0 unspecified atom stereocenters. The molecular weight excluding hydrogens is 226 g/mol. The summed E-state index contributed by atoms with van der Waals surface area (Å²) in [5.74, 6) is -1.28. The molecule has 6 heteroatoms. The second kappa shape index (κ2) is 4.32. The highest BCUT2D eigenvalue weighted by Crippen LogP contribution is 2.23. The van der Waals surface area contributed by atoms with Crippen molar-refractivity contribution in [2.24, 2.45) is 0 Å². The van der Waals surface area contributed by atoms with Crippen LogP contribution >= 0.6 is 0 Å². The third kappa shape index (κ3) is 2.30. The van der Waals surface area contributed by atoms with Crippen molar-refractivity contribution in [3.8, 4) is 0 Å². The van der Waals surface area contributed by atoms with E-state index in [0.717, 1.165) is 0 Å². The van der Waals surface area contributed by atoms with E-state index in [4.69, 9.17) is 5.73 Å². The number of rotatable bonds is 2. The molecule has 0 saturated carbocycles. The molecule has 0 atom stereocenters. The molecule has 0 aliphatic heterocycles. The van der Waals surface area contributed by atoms with Crippen LogP contribution < -0.4 is 11.1 Å². The minimum Gasteiger partial charge on any atom is -0.396 e. The van der Waals surface area contributed by atoms with Gasteiger partial charge in [-0.15, -0.1) is 0 Å². The summed E-state index contributed by atoms with van der Waals surface area (Å²) in [4.78, 5) is 7.61. The number of anilines is 3. The molecule has 2 aromatic rings. The van der Waals surface area contributed by atoms with Gasteiger partial charge in [-0.05, 0) is 18.6 Å². The van der Waals surface area contributed by atoms with Crippen LogP contribution in [0.2, 0.25) is 0 Å². The maximum absolute atomic E-state index is 13.6. The molecule has 0 spiro atoms. The molecule has 0 radical (unpaired) electrons. The van der Waals surface area contributed by atoms with E-state index in [1.54, 1.807) is 6.92 Å². The maximum atomic E-state index is 13.6. The van der Waals surface area contributed by atoms with Gasteiger partial charge in [-0.2, -0.15) is 0 Å². The molecule has 0 aliphatic carbocycles. The third-order valence-electron chi connectivity index (χ3n) is 2.19. The number of hydrogen-bond donors (Lipinski definition) is 2. The van der Waals surface area contributed by atoms with Crippen LogP contribution in [0.25, 0.3) is 0 Å². The maximum Gasteiger partial charge on any atom is 0.227 e. The van der Waals surface area contributed by atoms with Gasteiger partial charge >= 0.3 is 0 Å². The first-order chi connectivity index (χ1) is 8.08. The van der Waals surface area contributed by atoms with Crippen molar-refractivity contribution in [1.82, 2.24) is 9.97 Å². The van der Waals surface area contributed by atoms with Gasteiger partial charge in [0.1, 0.15) is 11.5 Å². The second-order valence-corrected chi connectivity index (χ2v) is 3.52. The van der Waals surface area contributed by atoms with Crippen molar-refractivity contribution in [2.45, 2.75) is 6.92 Å². The summed E-state index contributed by atoms with van der Waals surface area (Å²) in [6.45, 7) is 1.55. The first kappa shape index (κ1) is 11.3. The highest BCUT2D eigenvalue weighted by atomic mass is 19.1. The molecule has 1 aromatic heterocycles. The van der Waals surface area contributed by atoms with Crippen molar-refractivity contribution in [3.63, 3.8) is 0 Å². The molecule has 4 nitrogen and oxygen atoms in total. The number of nitrogens with one attached hydrogen (secondary N) is 1. The van der Waals surface area contributed by atoms with Gasteiger partial charge in [0.05, 0.1) is 18.1 Å². The summed E-state index contributed by atoms with van der Waals surface area (Å²) in [5.41, 5.74) is 5.85. The quantitative estimate of drug-likeness (QED) is 0.840. The Morgan fingerprint density at radius 3 is 2.47 bits per heavy atom. The largest absolute Gasteiger partial charge is 0.396 e. The first-order valence-corrected chi connectivity index (χ1v) is 4.87. The fraction of sp³-hybridized carbons (Fsp3) is 0.0909. The van der Waals surface area contributed by atoms with Gasteiger partial charge in [0.25, 0.3) is 0 Å². The molecule has 0 aliphatic rings. The van der Waals surface area contributed by atoms with E-state index >= 15 is 0 Å². The van der Waals surface area contributed by atoms with Gasteiger partial charge in [-0.1, -0.05) is 6.07 Å². The molecular formula is C11H10F2N4. The zero-order valence-electron chi connectivity index (χ0n) is 9.04. The number of nitrogen functional groups attached to an aromatic ring is 1. The molecule has 3 N–H and O–H groups in total. The van der Waals surface area contributed by atoms with E-state index in [2.05, 4.69) is 15.3 Å². The number of aromatic nitrogens is 2.